The van der Waals surface area contributed by atoms with Gasteiger partial charge >= 0.3 is 0 Å². The topological polar surface area (TPSA) is 48.3 Å². The van der Waals surface area contributed by atoms with Crippen LogP contribution in [0.25, 0.3) is 0 Å². The molecule has 0 rings (SSSR count). The molecule has 1 N–H and O–H groups in total. The molecule has 13 heavy (non-hydrogen) atoms. The fraction of sp³-hybridized carbons (Fsp3) is 0.889. The molecule has 4 nitrogen and oxygen atoms in total. The molecular formula is C9H19N3O. The van der Waals surface area contributed by atoms with E-state index in [4.69, 9.17) is 10.00 Å². The molecule has 0 aromatic heterocycles. The molecule has 0 spiro atoms. The van der Waals surface area contributed by atoms with Crippen LogP contribution in [0, 0.1) is 11.3 Å². The number of nitrogens with one attached hydrogen (secondary N) is 1. The first-order valence-corrected chi connectivity index (χ1v) is 4.41. The third-order valence-corrected chi connectivity index (χ3v) is 2.14. The Balaban J connectivity index is 3.84. The van der Waals surface area contributed by atoms with Gasteiger partial charge in [0.2, 0.25) is 0 Å². The summed E-state index contributed by atoms with van der Waals surface area (Å²) in [6.45, 7) is 3.49. The number of methoxy groups -OCH3 is 1. The zero-order chi connectivity index (χ0) is 10.3. The van der Waals surface area contributed by atoms with E-state index in [-0.39, 0.29) is 6.04 Å². The summed E-state index contributed by atoms with van der Waals surface area (Å²) in [7, 11) is 5.47. The minimum Gasteiger partial charge on any atom is -0.383 e. The van der Waals surface area contributed by atoms with Crippen molar-refractivity contribution in [2.45, 2.75) is 19.0 Å². The molecule has 0 saturated heterocycles. The predicted octanol–water partition coefficient (Wildman–Crippen LogP) is 0.0647. The van der Waals surface area contributed by atoms with Crippen molar-refractivity contribution in [3.63, 3.8) is 0 Å². The standard InChI is InChI=1S/C9H19N3O/c1-8(7-13-4)12(3)6-9(5-10)11-2/h8-9,11H,6-7H2,1-4H3. The molecule has 0 radical (unpaired) electrons. The SMILES string of the molecule is CNC(C#N)CN(C)C(C)COC. The van der Waals surface area contributed by atoms with Gasteiger partial charge in [-0.3, -0.25) is 4.90 Å². The normalized spacial score (nSPS) is 15.4. The van der Waals surface area contributed by atoms with Crippen molar-refractivity contribution in [2.24, 2.45) is 0 Å². The third-order valence-electron chi connectivity index (χ3n) is 2.14. The minimum atomic E-state index is -0.107. The Bertz CT molecular complexity index is 167. The van der Waals surface area contributed by atoms with Gasteiger partial charge in [0, 0.05) is 19.7 Å². The quantitative estimate of drug-likeness (QED) is 0.636. The minimum absolute atomic E-state index is 0.107. The van der Waals surface area contributed by atoms with Crippen LogP contribution in [-0.4, -0.2) is 51.3 Å². The Morgan fingerprint density at radius 1 is 1.62 bits per heavy atom. The Kier molecular flexibility index (Phi) is 6.51. The highest BCUT2D eigenvalue weighted by molar-refractivity contribution is 4.91. The molecule has 4 heteroatoms. The molecule has 0 bridgehead atoms. The van der Waals surface area contributed by atoms with Crippen LogP contribution >= 0.6 is 0 Å². The van der Waals surface area contributed by atoms with E-state index in [1.807, 2.05) is 7.05 Å². The first-order chi connectivity index (χ1) is 6.15. The van der Waals surface area contributed by atoms with E-state index in [9.17, 15) is 0 Å². The van der Waals surface area contributed by atoms with Gasteiger partial charge in [-0.1, -0.05) is 0 Å². The zero-order valence-corrected chi connectivity index (χ0v) is 8.87. The Hall–Kier alpha value is -0.630. The van der Waals surface area contributed by atoms with Crippen LogP contribution in [0.3, 0.4) is 0 Å². The fourth-order valence-corrected chi connectivity index (χ4v) is 1.03. The van der Waals surface area contributed by atoms with E-state index in [2.05, 4.69) is 23.2 Å². The van der Waals surface area contributed by atoms with Gasteiger partial charge in [0.05, 0.1) is 12.7 Å². The average Bonchev–Trinajstić information content (AvgIpc) is 2.14. The molecule has 0 aliphatic heterocycles. The van der Waals surface area contributed by atoms with Crippen LogP contribution < -0.4 is 5.32 Å². The number of rotatable bonds is 6. The molecule has 2 atom stereocenters. The molecule has 76 valence electrons. The van der Waals surface area contributed by atoms with Gasteiger partial charge in [-0.2, -0.15) is 5.26 Å². The van der Waals surface area contributed by atoms with Gasteiger partial charge in [-0.25, -0.2) is 0 Å². The predicted molar refractivity (Wildman–Crippen MR) is 52.4 cm³/mol. The number of ether oxygens (including phenoxy) is 1. The second kappa shape index (κ2) is 6.84. The summed E-state index contributed by atoms with van der Waals surface area (Å²) in [5.74, 6) is 0. The van der Waals surface area contributed by atoms with E-state index >= 15 is 0 Å². The van der Waals surface area contributed by atoms with E-state index in [0.29, 0.717) is 12.6 Å². The van der Waals surface area contributed by atoms with Crippen molar-refractivity contribution in [3.05, 3.63) is 0 Å². The van der Waals surface area contributed by atoms with Crippen LogP contribution in [0.4, 0.5) is 0 Å². The number of nitrogens with zero attached hydrogens (tertiary/aromatic N) is 2. The van der Waals surface area contributed by atoms with E-state index in [1.165, 1.54) is 0 Å². The maximum Gasteiger partial charge on any atom is 0.108 e. The maximum absolute atomic E-state index is 8.72. The van der Waals surface area contributed by atoms with Crippen molar-refractivity contribution in [1.29, 1.82) is 5.26 Å². The molecular weight excluding hydrogens is 166 g/mol. The second-order valence-electron chi connectivity index (χ2n) is 3.21. The van der Waals surface area contributed by atoms with Crippen LogP contribution in [0.1, 0.15) is 6.92 Å². The molecule has 0 aromatic carbocycles. The van der Waals surface area contributed by atoms with Crippen molar-refractivity contribution < 1.29 is 4.74 Å². The second-order valence-corrected chi connectivity index (χ2v) is 3.21. The largest absolute Gasteiger partial charge is 0.383 e. The summed E-state index contributed by atoms with van der Waals surface area (Å²) < 4.78 is 5.03. The highest BCUT2D eigenvalue weighted by Gasteiger charge is 2.13. The fourth-order valence-electron chi connectivity index (χ4n) is 1.03. The number of hydrogen-bond donors (Lipinski definition) is 1. The lowest BCUT2D eigenvalue weighted by molar-refractivity contribution is 0.113. The molecule has 0 aliphatic carbocycles. The van der Waals surface area contributed by atoms with Crippen LogP contribution in [0.15, 0.2) is 0 Å². The summed E-state index contributed by atoms with van der Waals surface area (Å²) >= 11 is 0. The molecule has 0 aliphatic rings. The Morgan fingerprint density at radius 2 is 2.23 bits per heavy atom. The summed E-state index contributed by atoms with van der Waals surface area (Å²) in [4.78, 5) is 2.11. The lowest BCUT2D eigenvalue weighted by atomic mass is 10.2. The zero-order valence-electron chi connectivity index (χ0n) is 8.87. The van der Waals surface area contributed by atoms with Gasteiger partial charge in [0.15, 0.2) is 0 Å². The Labute approximate surface area is 80.5 Å². The third kappa shape index (κ3) is 4.83. The summed E-state index contributed by atoms with van der Waals surface area (Å²) in [6.07, 6.45) is 0. The molecule has 0 saturated carbocycles. The van der Waals surface area contributed by atoms with Crippen LogP contribution in [-0.2, 0) is 4.74 Å². The van der Waals surface area contributed by atoms with Gasteiger partial charge < -0.3 is 10.1 Å². The number of hydrogen-bond acceptors (Lipinski definition) is 4. The Morgan fingerprint density at radius 3 is 2.62 bits per heavy atom. The maximum atomic E-state index is 8.72. The van der Waals surface area contributed by atoms with Crippen molar-refractivity contribution in [3.8, 4) is 6.07 Å². The van der Waals surface area contributed by atoms with Gasteiger partial charge in [-0.15, -0.1) is 0 Å². The average molecular weight is 185 g/mol. The van der Waals surface area contributed by atoms with Gasteiger partial charge in [0.1, 0.15) is 6.04 Å². The van der Waals surface area contributed by atoms with Gasteiger partial charge in [-0.05, 0) is 21.0 Å². The lowest BCUT2D eigenvalue weighted by Gasteiger charge is -2.25. The molecule has 2 unspecified atom stereocenters. The first kappa shape index (κ1) is 12.4. The van der Waals surface area contributed by atoms with Gasteiger partial charge in [0.25, 0.3) is 0 Å². The molecule has 0 fully saturated rings. The van der Waals surface area contributed by atoms with E-state index in [1.54, 1.807) is 14.2 Å². The monoisotopic (exact) mass is 185 g/mol. The lowest BCUT2D eigenvalue weighted by Crippen LogP contribution is -2.42. The van der Waals surface area contributed by atoms with Crippen molar-refractivity contribution in [2.75, 3.05) is 34.4 Å². The first-order valence-electron chi connectivity index (χ1n) is 4.41. The van der Waals surface area contributed by atoms with E-state index < -0.39 is 0 Å². The highest BCUT2D eigenvalue weighted by atomic mass is 16.5. The molecule has 0 amide bonds. The summed E-state index contributed by atoms with van der Waals surface area (Å²) in [5, 5.41) is 11.7. The highest BCUT2D eigenvalue weighted by Crippen LogP contribution is 1.97. The van der Waals surface area contributed by atoms with E-state index in [0.717, 1.165) is 6.54 Å². The smallest absolute Gasteiger partial charge is 0.108 e. The number of nitriles is 1. The summed E-state index contributed by atoms with van der Waals surface area (Å²) in [6, 6.07) is 2.42. The molecule has 0 heterocycles. The summed E-state index contributed by atoms with van der Waals surface area (Å²) in [5.41, 5.74) is 0. The molecule has 0 aromatic rings. The van der Waals surface area contributed by atoms with Crippen LogP contribution in [0.5, 0.6) is 0 Å². The van der Waals surface area contributed by atoms with Crippen molar-refractivity contribution in [1.82, 2.24) is 10.2 Å². The van der Waals surface area contributed by atoms with Crippen LogP contribution in [0.2, 0.25) is 0 Å². The number of likely N-dealkylation sites (N-methyl/N-ethyl adjacent to an activating group) is 2. The van der Waals surface area contributed by atoms with Crippen molar-refractivity contribution >= 4 is 0 Å².